The maximum atomic E-state index is 12.8. The Hall–Kier alpha value is -3.94. The van der Waals surface area contributed by atoms with Gasteiger partial charge in [0.15, 0.2) is 11.5 Å². The highest BCUT2D eigenvalue weighted by molar-refractivity contribution is 5.82. The summed E-state index contributed by atoms with van der Waals surface area (Å²) in [5.41, 5.74) is 2.00. The van der Waals surface area contributed by atoms with Crippen molar-refractivity contribution in [1.29, 1.82) is 0 Å². The van der Waals surface area contributed by atoms with Gasteiger partial charge in [-0.25, -0.2) is 4.98 Å². The predicted octanol–water partition coefficient (Wildman–Crippen LogP) is 3.49. The molecule has 0 bridgehead atoms. The number of ether oxygens (including phenoxy) is 3. The van der Waals surface area contributed by atoms with Gasteiger partial charge in [0.1, 0.15) is 6.61 Å². The first-order valence-corrected chi connectivity index (χ1v) is 10.2. The zero-order valence-electron chi connectivity index (χ0n) is 17.9. The number of aromatic nitrogens is 3. The van der Waals surface area contributed by atoms with E-state index in [9.17, 15) is 9.59 Å². The number of pyridine rings is 1. The number of benzene rings is 2. The van der Waals surface area contributed by atoms with Crippen molar-refractivity contribution in [2.24, 2.45) is 0 Å². The molecule has 0 aliphatic heterocycles. The summed E-state index contributed by atoms with van der Waals surface area (Å²) in [5, 5.41) is 1.43. The number of methoxy groups -OCH3 is 2. The number of fused-ring (bicyclic) bond motifs is 2. The average molecular weight is 433 g/mol. The quantitative estimate of drug-likeness (QED) is 0.393. The van der Waals surface area contributed by atoms with Crippen LogP contribution in [0, 0.1) is 0 Å². The Labute approximate surface area is 184 Å². The first-order valence-electron chi connectivity index (χ1n) is 10.2. The number of hydrogen-bond donors (Lipinski definition) is 0. The third-order valence-corrected chi connectivity index (χ3v) is 5.21. The molecule has 0 unspecified atom stereocenters. The van der Waals surface area contributed by atoms with Crippen LogP contribution in [0.1, 0.15) is 18.4 Å². The van der Waals surface area contributed by atoms with Gasteiger partial charge in [0.2, 0.25) is 0 Å². The Kier molecular flexibility index (Phi) is 6.30. The Morgan fingerprint density at radius 1 is 1.03 bits per heavy atom. The van der Waals surface area contributed by atoms with E-state index >= 15 is 0 Å². The first kappa shape index (κ1) is 21.3. The van der Waals surface area contributed by atoms with Crippen molar-refractivity contribution in [2.75, 3.05) is 14.2 Å². The summed E-state index contributed by atoms with van der Waals surface area (Å²) in [6.45, 7) is 0.507. The molecule has 0 atom stereocenters. The van der Waals surface area contributed by atoms with Gasteiger partial charge in [-0.3, -0.25) is 19.1 Å². The van der Waals surface area contributed by atoms with Crippen LogP contribution in [0.25, 0.3) is 21.8 Å². The predicted molar refractivity (Wildman–Crippen MR) is 120 cm³/mol. The minimum atomic E-state index is -0.328. The smallest absolute Gasteiger partial charge is 0.306 e. The second-order valence-corrected chi connectivity index (χ2v) is 7.22. The van der Waals surface area contributed by atoms with Crippen molar-refractivity contribution in [3.05, 3.63) is 70.9 Å². The van der Waals surface area contributed by atoms with Gasteiger partial charge >= 0.3 is 5.97 Å². The molecule has 0 saturated carbocycles. The van der Waals surface area contributed by atoms with Crippen LogP contribution in [0.3, 0.4) is 0 Å². The van der Waals surface area contributed by atoms with Gasteiger partial charge in [-0.15, -0.1) is 0 Å². The molecule has 4 aromatic rings. The van der Waals surface area contributed by atoms with Gasteiger partial charge in [-0.2, -0.15) is 0 Å². The third-order valence-electron chi connectivity index (χ3n) is 5.21. The van der Waals surface area contributed by atoms with E-state index in [0.717, 1.165) is 16.5 Å². The monoisotopic (exact) mass is 433 g/mol. The summed E-state index contributed by atoms with van der Waals surface area (Å²) in [5.74, 6) is 0.642. The molecule has 2 aromatic carbocycles. The van der Waals surface area contributed by atoms with Gasteiger partial charge in [-0.1, -0.05) is 24.3 Å². The van der Waals surface area contributed by atoms with Crippen LogP contribution < -0.4 is 15.0 Å². The standard InChI is InChI=1S/C24H23N3O5/c1-30-20-12-18-19(13-21(20)31-2)26-15-27(24(18)29)11-5-9-22(28)32-14-17-7-3-6-16-8-4-10-25-23(16)17/h3-4,6-8,10,12-13,15H,5,9,11,14H2,1-2H3. The minimum Gasteiger partial charge on any atom is -0.493 e. The van der Waals surface area contributed by atoms with E-state index < -0.39 is 0 Å². The SMILES string of the molecule is COc1cc2ncn(CCCC(=O)OCc3cccc4cccnc34)c(=O)c2cc1OC. The van der Waals surface area contributed by atoms with Crippen molar-refractivity contribution in [1.82, 2.24) is 14.5 Å². The highest BCUT2D eigenvalue weighted by atomic mass is 16.5. The number of carbonyl (C=O) groups is 1. The number of esters is 1. The molecule has 2 aromatic heterocycles. The summed E-state index contributed by atoms with van der Waals surface area (Å²) < 4.78 is 17.4. The Bertz CT molecular complexity index is 1330. The van der Waals surface area contributed by atoms with Crippen LogP contribution in [0.5, 0.6) is 11.5 Å². The maximum Gasteiger partial charge on any atom is 0.306 e. The highest BCUT2D eigenvalue weighted by Gasteiger charge is 2.12. The lowest BCUT2D eigenvalue weighted by Gasteiger charge is -2.11. The van der Waals surface area contributed by atoms with Gasteiger partial charge in [0, 0.05) is 36.2 Å². The first-order chi connectivity index (χ1) is 15.6. The lowest BCUT2D eigenvalue weighted by molar-refractivity contribution is -0.145. The Balaban J connectivity index is 1.38. The van der Waals surface area contributed by atoms with E-state index in [-0.39, 0.29) is 24.6 Å². The molecule has 32 heavy (non-hydrogen) atoms. The van der Waals surface area contributed by atoms with E-state index in [1.807, 2.05) is 30.3 Å². The summed E-state index contributed by atoms with van der Waals surface area (Å²) in [4.78, 5) is 33.7. The fraction of sp³-hybridized carbons (Fsp3) is 0.250. The van der Waals surface area contributed by atoms with E-state index in [0.29, 0.717) is 35.4 Å². The number of rotatable bonds is 8. The molecule has 0 aliphatic rings. The number of carbonyl (C=O) groups excluding carboxylic acids is 1. The molecule has 0 radical (unpaired) electrons. The Morgan fingerprint density at radius 2 is 1.81 bits per heavy atom. The molecular formula is C24H23N3O5. The molecule has 164 valence electrons. The molecule has 0 aliphatic carbocycles. The lowest BCUT2D eigenvalue weighted by Crippen LogP contribution is -2.21. The maximum absolute atomic E-state index is 12.8. The fourth-order valence-electron chi connectivity index (χ4n) is 3.55. The van der Waals surface area contributed by atoms with Crippen molar-refractivity contribution < 1.29 is 19.0 Å². The highest BCUT2D eigenvalue weighted by Crippen LogP contribution is 2.29. The topological polar surface area (TPSA) is 92.5 Å². The average Bonchev–Trinajstić information content (AvgIpc) is 2.83. The molecule has 0 fully saturated rings. The number of nitrogens with zero attached hydrogens (tertiary/aromatic N) is 3. The third kappa shape index (κ3) is 4.39. The number of aryl methyl sites for hydroxylation is 1. The summed E-state index contributed by atoms with van der Waals surface area (Å²) in [6, 6.07) is 12.9. The van der Waals surface area contributed by atoms with E-state index in [4.69, 9.17) is 14.2 Å². The number of para-hydroxylation sites is 1. The molecule has 2 heterocycles. The van der Waals surface area contributed by atoms with Crippen molar-refractivity contribution >= 4 is 27.8 Å². The minimum absolute atomic E-state index is 0.159. The molecule has 0 saturated heterocycles. The van der Waals surface area contributed by atoms with Crippen molar-refractivity contribution in [2.45, 2.75) is 26.0 Å². The van der Waals surface area contributed by atoms with E-state index in [1.54, 1.807) is 18.3 Å². The molecular weight excluding hydrogens is 410 g/mol. The van der Waals surface area contributed by atoms with Crippen LogP contribution in [-0.4, -0.2) is 34.7 Å². The van der Waals surface area contributed by atoms with E-state index in [2.05, 4.69) is 9.97 Å². The molecule has 0 amide bonds. The molecule has 0 N–H and O–H groups in total. The van der Waals surface area contributed by atoms with Gasteiger partial charge < -0.3 is 14.2 Å². The molecule has 0 spiro atoms. The van der Waals surface area contributed by atoms with Crippen LogP contribution in [0.15, 0.2) is 59.8 Å². The normalized spacial score (nSPS) is 10.9. The second-order valence-electron chi connectivity index (χ2n) is 7.22. The van der Waals surface area contributed by atoms with Crippen LogP contribution in [0.2, 0.25) is 0 Å². The largest absolute Gasteiger partial charge is 0.493 e. The van der Waals surface area contributed by atoms with Crippen LogP contribution in [0.4, 0.5) is 0 Å². The van der Waals surface area contributed by atoms with Gasteiger partial charge in [0.05, 0.1) is 37.0 Å². The zero-order chi connectivity index (χ0) is 22.5. The van der Waals surface area contributed by atoms with Gasteiger partial charge in [0.25, 0.3) is 5.56 Å². The lowest BCUT2D eigenvalue weighted by atomic mass is 10.1. The van der Waals surface area contributed by atoms with Gasteiger partial charge in [-0.05, 0) is 18.6 Å². The molecule has 8 heteroatoms. The molecule has 8 nitrogen and oxygen atoms in total. The summed E-state index contributed by atoms with van der Waals surface area (Å²) in [6.07, 6.45) is 3.83. The number of hydrogen-bond acceptors (Lipinski definition) is 7. The van der Waals surface area contributed by atoms with Crippen molar-refractivity contribution in [3.8, 4) is 11.5 Å². The summed E-state index contributed by atoms with van der Waals surface area (Å²) >= 11 is 0. The summed E-state index contributed by atoms with van der Waals surface area (Å²) in [7, 11) is 3.04. The molecule has 4 rings (SSSR count). The van der Waals surface area contributed by atoms with Crippen molar-refractivity contribution in [3.63, 3.8) is 0 Å². The van der Waals surface area contributed by atoms with Crippen LogP contribution in [-0.2, 0) is 22.7 Å². The second kappa shape index (κ2) is 9.47. The zero-order valence-corrected chi connectivity index (χ0v) is 17.9. The van der Waals surface area contributed by atoms with Crippen LogP contribution >= 0.6 is 0 Å². The fourth-order valence-corrected chi connectivity index (χ4v) is 3.55. The Morgan fingerprint density at radius 3 is 2.62 bits per heavy atom. The van der Waals surface area contributed by atoms with E-state index in [1.165, 1.54) is 25.1 Å².